The summed E-state index contributed by atoms with van der Waals surface area (Å²) in [5, 5.41) is 15.6. The zero-order valence-electron chi connectivity index (χ0n) is 17.9. The van der Waals surface area contributed by atoms with E-state index in [9.17, 15) is 9.90 Å². The summed E-state index contributed by atoms with van der Waals surface area (Å²) < 4.78 is 5.33. The number of benzene rings is 3. The Labute approximate surface area is 207 Å². The highest BCUT2D eigenvalue weighted by molar-refractivity contribution is 8.00. The Morgan fingerprint density at radius 1 is 0.939 bits per heavy atom. The maximum Gasteiger partial charge on any atom is 0.339 e. The topological polar surface area (TPSA) is 58.6 Å². The normalized spacial score (nSPS) is 20.5. The highest BCUT2D eigenvalue weighted by atomic mass is 35.5. The van der Waals surface area contributed by atoms with Crippen molar-refractivity contribution >= 4 is 40.9 Å². The predicted octanol–water partition coefficient (Wildman–Crippen LogP) is 6.92. The van der Waals surface area contributed by atoms with Crippen molar-refractivity contribution in [3.8, 4) is 0 Å². The molecule has 1 aliphatic rings. The number of carbonyl (C=O) groups is 1. The number of thioether (sulfide) groups is 1. The SMILES string of the molecule is CCOC(=O)C1=C(O)[C@H](Sc2ccccc2)[C@H](c2ccccc2Cl)N[C@@H]1c1ccccc1Cl. The van der Waals surface area contributed by atoms with E-state index in [1.165, 1.54) is 11.8 Å². The molecule has 0 spiro atoms. The summed E-state index contributed by atoms with van der Waals surface area (Å²) in [5.41, 5.74) is 1.65. The van der Waals surface area contributed by atoms with E-state index in [2.05, 4.69) is 5.32 Å². The van der Waals surface area contributed by atoms with Crippen LogP contribution in [0.3, 0.4) is 0 Å². The van der Waals surface area contributed by atoms with Gasteiger partial charge in [-0.05, 0) is 42.3 Å². The Hall–Kier alpha value is -2.44. The van der Waals surface area contributed by atoms with Gasteiger partial charge in [0.15, 0.2) is 0 Å². The molecule has 3 atom stereocenters. The van der Waals surface area contributed by atoms with E-state index < -0.39 is 23.3 Å². The fraction of sp³-hybridized carbons (Fsp3) is 0.192. The number of rotatable bonds is 6. The molecular formula is C26H23Cl2NO3S. The van der Waals surface area contributed by atoms with Crippen molar-refractivity contribution in [2.45, 2.75) is 29.2 Å². The van der Waals surface area contributed by atoms with E-state index in [0.29, 0.717) is 15.6 Å². The van der Waals surface area contributed by atoms with E-state index in [1.807, 2.05) is 72.8 Å². The maximum atomic E-state index is 13.1. The van der Waals surface area contributed by atoms with Crippen molar-refractivity contribution in [1.82, 2.24) is 5.32 Å². The van der Waals surface area contributed by atoms with Gasteiger partial charge in [-0.1, -0.05) is 77.8 Å². The van der Waals surface area contributed by atoms with Crippen molar-refractivity contribution in [2.24, 2.45) is 0 Å². The third-order valence-corrected chi connectivity index (χ3v) is 7.42. The number of hydrogen-bond donors (Lipinski definition) is 2. The first-order chi connectivity index (χ1) is 16.0. The average molecular weight is 500 g/mol. The van der Waals surface area contributed by atoms with Crippen molar-refractivity contribution < 1.29 is 14.6 Å². The molecule has 0 aromatic heterocycles. The lowest BCUT2D eigenvalue weighted by Gasteiger charge is -2.38. The number of carbonyl (C=O) groups excluding carboxylic acids is 1. The van der Waals surface area contributed by atoms with Gasteiger partial charge >= 0.3 is 5.97 Å². The van der Waals surface area contributed by atoms with Crippen molar-refractivity contribution in [3.63, 3.8) is 0 Å². The first-order valence-corrected chi connectivity index (χ1v) is 12.2. The Balaban J connectivity index is 1.89. The molecule has 4 nitrogen and oxygen atoms in total. The van der Waals surface area contributed by atoms with Crippen molar-refractivity contribution in [2.75, 3.05) is 6.61 Å². The number of esters is 1. The van der Waals surface area contributed by atoms with Gasteiger partial charge in [-0.2, -0.15) is 0 Å². The lowest BCUT2D eigenvalue weighted by molar-refractivity contribution is -0.139. The summed E-state index contributed by atoms with van der Waals surface area (Å²) in [6.45, 7) is 1.92. The molecule has 0 unspecified atom stereocenters. The first kappa shape index (κ1) is 23.7. The van der Waals surface area contributed by atoms with Gasteiger partial charge in [0, 0.05) is 14.9 Å². The third-order valence-electron chi connectivity index (χ3n) is 5.44. The fourth-order valence-electron chi connectivity index (χ4n) is 3.94. The zero-order valence-corrected chi connectivity index (χ0v) is 20.2. The molecule has 4 rings (SSSR count). The predicted molar refractivity (Wildman–Crippen MR) is 134 cm³/mol. The summed E-state index contributed by atoms with van der Waals surface area (Å²) in [7, 11) is 0. The van der Waals surface area contributed by atoms with E-state index >= 15 is 0 Å². The van der Waals surface area contributed by atoms with Gasteiger partial charge < -0.3 is 9.84 Å². The molecule has 3 aromatic carbocycles. The first-order valence-electron chi connectivity index (χ1n) is 10.6. The van der Waals surface area contributed by atoms with Crippen LogP contribution in [0.25, 0.3) is 0 Å². The molecule has 0 amide bonds. The van der Waals surface area contributed by atoms with Gasteiger partial charge in [0.25, 0.3) is 0 Å². The lowest BCUT2D eigenvalue weighted by Crippen LogP contribution is -2.43. The van der Waals surface area contributed by atoms with Crippen LogP contribution in [0.4, 0.5) is 0 Å². The average Bonchev–Trinajstić information content (AvgIpc) is 2.82. The summed E-state index contributed by atoms with van der Waals surface area (Å²) in [5.74, 6) is -0.625. The van der Waals surface area contributed by atoms with Crippen LogP contribution >= 0.6 is 35.0 Å². The smallest absolute Gasteiger partial charge is 0.339 e. The lowest BCUT2D eigenvalue weighted by atomic mass is 9.87. The number of aliphatic hydroxyl groups excluding tert-OH is 1. The molecule has 7 heteroatoms. The van der Waals surface area contributed by atoms with Gasteiger partial charge in [0.2, 0.25) is 0 Å². The Bertz CT molecular complexity index is 1170. The summed E-state index contributed by atoms with van der Waals surface area (Å²) in [6.07, 6.45) is 0. The third kappa shape index (κ3) is 5.07. The van der Waals surface area contributed by atoms with Gasteiger partial charge in [-0.25, -0.2) is 4.79 Å². The fourth-order valence-corrected chi connectivity index (χ4v) is 5.65. The van der Waals surface area contributed by atoms with Gasteiger partial charge in [0.05, 0.1) is 29.5 Å². The Morgan fingerprint density at radius 3 is 2.12 bits per heavy atom. The highest BCUT2D eigenvalue weighted by Crippen LogP contribution is 2.46. The number of aliphatic hydroxyl groups is 1. The molecule has 2 N–H and O–H groups in total. The maximum absolute atomic E-state index is 13.1. The van der Waals surface area contributed by atoms with E-state index in [-0.39, 0.29) is 17.9 Å². The molecule has 1 heterocycles. The van der Waals surface area contributed by atoms with Crippen LogP contribution in [-0.2, 0) is 9.53 Å². The monoisotopic (exact) mass is 499 g/mol. The standard InChI is InChI=1S/C26H23Cl2NO3S/c1-2-32-26(31)21-22(17-12-6-8-14-19(17)27)29-23(18-13-7-9-15-20(18)28)25(24(21)30)33-16-10-4-3-5-11-16/h3-15,22-23,25,29-30H,2H2,1H3/t22-,23+,25-/m1/s1. The minimum atomic E-state index is -0.674. The zero-order chi connectivity index (χ0) is 23.4. The molecule has 1 aliphatic heterocycles. The van der Waals surface area contributed by atoms with E-state index in [0.717, 1.165) is 10.5 Å². The van der Waals surface area contributed by atoms with Gasteiger partial charge in [-0.15, -0.1) is 11.8 Å². The van der Waals surface area contributed by atoms with Crippen molar-refractivity contribution in [1.29, 1.82) is 0 Å². The molecule has 0 fully saturated rings. The highest BCUT2D eigenvalue weighted by Gasteiger charge is 2.43. The molecule has 0 saturated carbocycles. The minimum Gasteiger partial charge on any atom is -0.510 e. The van der Waals surface area contributed by atoms with Crippen LogP contribution in [0.2, 0.25) is 10.0 Å². The molecule has 0 saturated heterocycles. The second kappa shape index (κ2) is 10.7. The van der Waals surface area contributed by atoms with E-state index in [1.54, 1.807) is 13.0 Å². The van der Waals surface area contributed by atoms with Crippen LogP contribution < -0.4 is 5.32 Å². The Morgan fingerprint density at radius 2 is 1.52 bits per heavy atom. The second-order valence-electron chi connectivity index (χ2n) is 7.49. The minimum absolute atomic E-state index is 0.0455. The van der Waals surface area contributed by atoms with Crippen LogP contribution in [0.5, 0.6) is 0 Å². The van der Waals surface area contributed by atoms with E-state index in [4.69, 9.17) is 27.9 Å². The van der Waals surface area contributed by atoms with Crippen LogP contribution in [-0.4, -0.2) is 22.9 Å². The Kier molecular flexibility index (Phi) is 7.66. The molecule has 3 aromatic rings. The molecule has 0 aliphatic carbocycles. The van der Waals surface area contributed by atoms with Crippen LogP contribution in [0.15, 0.2) is 95.1 Å². The van der Waals surface area contributed by atoms with Crippen LogP contribution in [0, 0.1) is 0 Å². The summed E-state index contributed by atoms with van der Waals surface area (Å²) in [6, 6.07) is 23.4. The molecule has 0 radical (unpaired) electrons. The number of nitrogens with one attached hydrogen (secondary N) is 1. The van der Waals surface area contributed by atoms with Crippen LogP contribution in [0.1, 0.15) is 30.1 Å². The molecule has 0 bridgehead atoms. The molecule has 33 heavy (non-hydrogen) atoms. The summed E-state index contributed by atoms with van der Waals surface area (Å²) in [4.78, 5) is 14.0. The number of ether oxygens (including phenoxy) is 1. The quantitative estimate of drug-likeness (QED) is 0.360. The molecule has 170 valence electrons. The molecular weight excluding hydrogens is 477 g/mol. The van der Waals surface area contributed by atoms with Gasteiger partial charge in [-0.3, -0.25) is 5.32 Å². The summed E-state index contributed by atoms with van der Waals surface area (Å²) >= 11 is 14.6. The second-order valence-corrected chi connectivity index (χ2v) is 9.52. The van der Waals surface area contributed by atoms with Crippen molar-refractivity contribution in [3.05, 3.63) is 111 Å². The van der Waals surface area contributed by atoms with Gasteiger partial charge in [0.1, 0.15) is 5.76 Å². The largest absolute Gasteiger partial charge is 0.510 e. The number of hydrogen-bond acceptors (Lipinski definition) is 5. The number of halogens is 2.